The summed E-state index contributed by atoms with van der Waals surface area (Å²) in [4.78, 5) is 0. The molecule has 0 saturated heterocycles. The lowest BCUT2D eigenvalue weighted by Gasteiger charge is -2.14. The molecule has 0 amide bonds. The lowest BCUT2D eigenvalue weighted by molar-refractivity contribution is -0.137. The lowest BCUT2D eigenvalue weighted by atomic mass is 10.2. The molecule has 2 aromatic rings. The first-order valence-corrected chi connectivity index (χ1v) is 7.92. The predicted molar refractivity (Wildman–Crippen MR) is 92.1 cm³/mol. The average Bonchev–Trinajstić information content (AvgIpc) is 3.01. The predicted octanol–water partition coefficient (Wildman–Crippen LogP) is 4.57. The maximum atomic E-state index is 12.8. The van der Waals surface area contributed by atoms with Crippen LogP contribution in [-0.2, 0) is 12.7 Å². The minimum atomic E-state index is -4.46. The normalized spacial score (nSPS) is 12.8. The van der Waals surface area contributed by atoms with E-state index in [2.05, 4.69) is 10.6 Å². The average molecular weight is 389 g/mol. The molecule has 3 rings (SSSR count). The Morgan fingerprint density at radius 1 is 1.12 bits per heavy atom. The molecule has 1 heterocycles. The van der Waals surface area contributed by atoms with Crippen molar-refractivity contribution in [2.45, 2.75) is 12.7 Å². The van der Waals surface area contributed by atoms with Crippen molar-refractivity contribution < 1.29 is 22.6 Å². The zero-order valence-corrected chi connectivity index (χ0v) is 14.2. The summed E-state index contributed by atoms with van der Waals surface area (Å²) in [5, 5.41) is 5.88. The number of ether oxygens (including phenoxy) is 2. The van der Waals surface area contributed by atoms with Gasteiger partial charge in [-0.1, -0.05) is 17.7 Å². The molecular formula is C16H12ClF3N2O2S. The molecule has 25 heavy (non-hydrogen) atoms. The van der Waals surface area contributed by atoms with Gasteiger partial charge in [-0.05, 0) is 48.1 Å². The summed E-state index contributed by atoms with van der Waals surface area (Å²) in [6.07, 6.45) is -4.46. The number of halogens is 4. The lowest BCUT2D eigenvalue weighted by Crippen LogP contribution is -2.28. The molecule has 132 valence electrons. The zero-order chi connectivity index (χ0) is 18.0. The van der Waals surface area contributed by atoms with E-state index in [1.165, 1.54) is 6.07 Å². The van der Waals surface area contributed by atoms with E-state index in [0.717, 1.165) is 17.7 Å². The van der Waals surface area contributed by atoms with Crippen LogP contribution in [0.4, 0.5) is 18.9 Å². The van der Waals surface area contributed by atoms with Gasteiger partial charge in [-0.25, -0.2) is 0 Å². The Morgan fingerprint density at radius 2 is 1.88 bits per heavy atom. The smallest absolute Gasteiger partial charge is 0.416 e. The highest BCUT2D eigenvalue weighted by Gasteiger charge is 2.31. The summed E-state index contributed by atoms with van der Waals surface area (Å²) < 4.78 is 48.8. The number of benzene rings is 2. The molecule has 0 aliphatic carbocycles. The molecule has 2 N–H and O–H groups in total. The van der Waals surface area contributed by atoms with Crippen LogP contribution in [0.2, 0.25) is 5.02 Å². The van der Waals surface area contributed by atoms with Gasteiger partial charge in [-0.15, -0.1) is 0 Å². The number of rotatable bonds is 3. The van der Waals surface area contributed by atoms with Crippen LogP contribution in [0.1, 0.15) is 11.1 Å². The molecule has 2 aromatic carbocycles. The van der Waals surface area contributed by atoms with E-state index in [1.54, 1.807) is 12.1 Å². The number of fused-ring (bicyclic) bond motifs is 1. The van der Waals surface area contributed by atoms with Crippen LogP contribution in [0, 0.1) is 0 Å². The van der Waals surface area contributed by atoms with Crippen LogP contribution >= 0.6 is 23.8 Å². The van der Waals surface area contributed by atoms with Gasteiger partial charge in [0.2, 0.25) is 6.79 Å². The number of hydrogen-bond acceptors (Lipinski definition) is 3. The summed E-state index contributed by atoms with van der Waals surface area (Å²) in [6, 6.07) is 8.41. The number of thiocarbonyl (C=S) groups is 1. The van der Waals surface area contributed by atoms with Crippen molar-refractivity contribution >= 4 is 34.6 Å². The Balaban J connectivity index is 1.63. The summed E-state index contributed by atoms with van der Waals surface area (Å²) in [6.45, 7) is 0.541. The number of alkyl halides is 3. The van der Waals surface area contributed by atoms with E-state index < -0.39 is 11.7 Å². The molecule has 0 aromatic heterocycles. The van der Waals surface area contributed by atoms with Crippen molar-refractivity contribution in [2.75, 3.05) is 12.1 Å². The van der Waals surface area contributed by atoms with Crippen molar-refractivity contribution in [1.29, 1.82) is 0 Å². The maximum absolute atomic E-state index is 12.8. The highest BCUT2D eigenvalue weighted by molar-refractivity contribution is 7.80. The minimum Gasteiger partial charge on any atom is -0.454 e. The monoisotopic (exact) mass is 388 g/mol. The summed E-state index contributed by atoms with van der Waals surface area (Å²) in [5.41, 5.74) is 0.154. The van der Waals surface area contributed by atoms with E-state index in [0.29, 0.717) is 18.0 Å². The van der Waals surface area contributed by atoms with Crippen LogP contribution < -0.4 is 20.1 Å². The second-order valence-corrected chi connectivity index (χ2v) is 6.00. The van der Waals surface area contributed by atoms with Gasteiger partial charge < -0.3 is 20.1 Å². The molecule has 0 spiro atoms. The van der Waals surface area contributed by atoms with Crippen LogP contribution in [0.3, 0.4) is 0 Å². The second kappa shape index (κ2) is 6.97. The molecule has 0 fully saturated rings. The van der Waals surface area contributed by atoms with E-state index in [9.17, 15) is 13.2 Å². The second-order valence-electron chi connectivity index (χ2n) is 5.19. The van der Waals surface area contributed by atoms with Gasteiger partial charge in [0.1, 0.15) is 0 Å². The number of nitrogens with one attached hydrogen (secondary N) is 2. The molecule has 9 heteroatoms. The van der Waals surface area contributed by atoms with Crippen molar-refractivity contribution in [3.8, 4) is 11.5 Å². The minimum absolute atomic E-state index is 0.0830. The zero-order valence-electron chi connectivity index (χ0n) is 12.6. The van der Waals surface area contributed by atoms with Crippen molar-refractivity contribution in [3.05, 3.63) is 52.5 Å². The number of hydrogen-bond donors (Lipinski definition) is 2. The van der Waals surface area contributed by atoms with Crippen LogP contribution in [0.5, 0.6) is 11.5 Å². The fourth-order valence-corrected chi connectivity index (χ4v) is 2.54. The Morgan fingerprint density at radius 3 is 2.64 bits per heavy atom. The summed E-state index contributed by atoms with van der Waals surface area (Å²) in [5.74, 6) is 1.30. The summed E-state index contributed by atoms with van der Waals surface area (Å²) >= 11 is 11.0. The van der Waals surface area contributed by atoms with Gasteiger partial charge in [-0.2, -0.15) is 13.2 Å². The highest BCUT2D eigenvalue weighted by Crippen LogP contribution is 2.34. The first-order chi connectivity index (χ1) is 11.8. The fourth-order valence-electron chi connectivity index (χ4n) is 2.20. The third-order valence-electron chi connectivity index (χ3n) is 3.43. The molecule has 0 unspecified atom stereocenters. The topological polar surface area (TPSA) is 42.5 Å². The van der Waals surface area contributed by atoms with Crippen molar-refractivity contribution in [2.24, 2.45) is 0 Å². The highest BCUT2D eigenvalue weighted by atomic mass is 35.5. The van der Waals surface area contributed by atoms with E-state index >= 15 is 0 Å². The van der Waals surface area contributed by atoms with Gasteiger partial charge >= 0.3 is 6.18 Å². The first kappa shape index (κ1) is 17.6. The maximum Gasteiger partial charge on any atom is 0.416 e. The van der Waals surface area contributed by atoms with Crippen LogP contribution in [0.15, 0.2) is 36.4 Å². The third kappa shape index (κ3) is 4.26. The van der Waals surface area contributed by atoms with Crippen molar-refractivity contribution in [1.82, 2.24) is 5.32 Å². The quantitative estimate of drug-likeness (QED) is 0.754. The fraction of sp³-hybridized carbons (Fsp3) is 0.188. The van der Waals surface area contributed by atoms with E-state index in [4.69, 9.17) is 33.3 Å². The molecular weight excluding hydrogens is 377 g/mol. The largest absolute Gasteiger partial charge is 0.454 e. The molecule has 4 nitrogen and oxygen atoms in total. The van der Waals surface area contributed by atoms with Gasteiger partial charge in [0.05, 0.1) is 16.3 Å². The summed E-state index contributed by atoms with van der Waals surface area (Å²) in [7, 11) is 0. The molecule has 0 saturated carbocycles. The Hall–Kier alpha value is -2.19. The Labute approximate surface area is 151 Å². The SMILES string of the molecule is FC(F)(F)c1ccc(Cl)c(NC(=S)NCc2ccc3c(c2)OCO3)c1. The van der Waals surface area contributed by atoms with Crippen LogP contribution in [-0.4, -0.2) is 11.9 Å². The van der Waals surface area contributed by atoms with Gasteiger partial charge in [0.15, 0.2) is 16.6 Å². The molecule has 1 aliphatic rings. The third-order valence-corrected chi connectivity index (χ3v) is 4.01. The molecule has 1 aliphatic heterocycles. The number of anilines is 1. The van der Waals surface area contributed by atoms with Crippen LogP contribution in [0.25, 0.3) is 0 Å². The first-order valence-electron chi connectivity index (χ1n) is 7.13. The van der Waals surface area contributed by atoms with E-state index in [1.807, 2.05) is 6.07 Å². The van der Waals surface area contributed by atoms with E-state index in [-0.39, 0.29) is 22.6 Å². The van der Waals surface area contributed by atoms with Gasteiger partial charge in [-0.3, -0.25) is 0 Å². The Kier molecular flexibility index (Phi) is 4.91. The van der Waals surface area contributed by atoms with Gasteiger partial charge in [0.25, 0.3) is 0 Å². The Bertz CT molecular complexity index is 814. The van der Waals surface area contributed by atoms with Crippen molar-refractivity contribution in [3.63, 3.8) is 0 Å². The molecule has 0 radical (unpaired) electrons. The standard InChI is InChI=1S/C16H12ClF3N2O2S/c17-11-3-2-10(16(18,19)20)6-12(11)22-15(25)21-7-9-1-4-13-14(5-9)24-8-23-13/h1-6H,7-8H2,(H2,21,22,25). The van der Waals surface area contributed by atoms with Gasteiger partial charge in [0, 0.05) is 6.54 Å². The molecule has 0 atom stereocenters. The molecule has 0 bridgehead atoms.